The highest BCUT2D eigenvalue weighted by Gasteiger charge is 2.31. The third-order valence-corrected chi connectivity index (χ3v) is 6.06. The number of carbonyl (C=O) groups excluding carboxylic acids is 1. The fraction of sp³-hybridized carbons (Fsp3) is 0.524. The minimum atomic E-state index is -0.545. The summed E-state index contributed by atoms with van der Waals surface area (Å²) in [5.41, 5.74) is 2.81. The molecule has 1 unspecified atom stereocenters. The van der Waals surface area contributed by atoms with E-state index < -0.39 is 6.10 Å². The van der Waals surface area contributed by atoms with Crippen molar-refractivity contribution in [2.24, 2.45) is 18.9 Å². The van der Waals surface area contributed by atoms with Crippen LogP contribution in [-0.2, 0) is 24.7 Å². The number of aromatic nitrogens is 2. The first-order valence-electron chi connectivity index (χ1n) is 9.61. The summed E-state index contributed by atoms with van der Waals surface area (Å²) in [6.07, 6.45) is 7.40. The van der Waals surface area contributed by atoms with E-state index in [0.717, 1.165) is 44.6 Å². The summed E-state index contributed by atoms with van der Waals surface area (Å²) < 4.78 is 1.87. The van der Waals surface area contributed by atoms with Gasteiger partial charge in [0.25, 0.3) is 0 Å². The maximum absolute atomic E-state index is 12.7. The number of aryl methyl sites for hydroxylation is 1. The van der Waals surface area contributed by atoms with Gasteiger partial charge in [-0.3, -0.25) is 4.79 Å². The number of hydrogen-bond donors (Lipinski definition) is 1. The van der Waals surface area contributed by atoms with Gasteiger partial charge in [-0.05, 0) is 48.6 Å². The highest BCUT2D eigenvalue weighted by molar-refractivity contribution is 5.76. The van der Waals surface area contributed by atoms with Crippen LogP contribution in [0.15, 0.2) is 36.7 Å². The van der Waals surface area contributed by atoms with Gasteiger partial charge < -0.3 is 14.6 Å². The zero-order chi connectivity index (χ0) is 18.1. The van der Waals surface area contributed by atoms with Crippen LogP contribution in [0.1, 0.15) is 42.3 Å². The van der Waals surface area contributed by atoms with Gasteiger partial charge in [0.2, 0.25) is 5.91 Å². The molecule has 5 nitrogen and oxygen atoms in total. The van der Waals surface area contributed by atoms with E-state index in [2.05, 4.69) is 29.2 Å². The normalized spacial score (nSPS) is 19.5. The second-order valence-electron chi connectivity index (χ2n) is 7.81. The SMILES string of the molecule is Cn1ccnc1C(O)C1CCN(C(=O)CC2Cc3ccccc3C2)CC1. The van der Waals surface area contributed by atoms with Crippen LogP contribution >= 0.6 is 0 Å². The lowest BCUT2D eigenvalue weighted by atomic mass is 9.90. The van der Waals surface area contributed by atoms with E-state index >= 15 is 0 Å². The molecule has 1 aromatic heterocycles. The Labute approximate surface area is 154 Å². The van der Waals surface area contributed by atoms with Crippen molar-refractivity contribution in [3.63, 3.8) is 0 Å². The topological polar surface area (TPSA) is 58.4 Å². The van der Waals surface area contributed by atoms with Gasteiger partial charge in [-0.1, -0.05) is 24.3 Å². The van der Waals surface area contributed by atoms with E-state index in [4.69, 9.17) is 0 Å². The predicted octanol–water partition coefficient (Wildman–Crippen LogP) is 2.50. The molecule has 4 rings (SSSR count). The molecule has 5 heteroatoms. The molecule has 0 spiro atoms. The molecule has 2 aliphatic rings. The molecular formula is C21H27N3O2. The second kappa shape index (κ2) is 7.23. The number of imidazole rings is 1. The van der Waals surface area contributed by atoms with Gasteiger partial charge in [0.1, 0.15) is 11.9 Å². The molecule has 138 valence electrons. The lowest BCUT2D eigenvalue weighted by molar-refractivity contribution is -0.134. The Bertz CT molecular complexity index is 752. The van der Waals surface area contributed by atoms with Gasteiger partial charge in [-0.25, -0.2) is 4.98 Å². The maximum atomic E-state index is 12.7. The largest absolute Gasteiger partial charge is 0.385 e. The third kappa shape index (κ3) is 3.40. The van der Waals surface area contributed by atoms with Crippen LogP contribution in [0.4, 0.5) is 0 Å². The average molecular weight is 353 g/mol. The molecule has 26 heavy (non-hydrogen) atoms. The molecule has 0 bridgehead atoms. The molecule has 2 aromatic rings. The fourth-order valence-corrected chi connectivity index (χ4v) is 4.51. The molecule has 1 aliphatic heterocycles. The summed E-state index contributed by atoms with van der Waals surface area (Å²) in [6.45, 7) is 1.48. The van der Waals surface area contributed by atoms with Crippen molar-refractivity contribution in [1.29, 1.82) is 0 Å². The molecule has 1 N–H and O–H groups in total. The average Bonchev–Trinajstić information content (AvgIpc) is 3.26. The van der Waals surface area contributed by atoms with Gasteiger partial charge in [0, 0.05) is 39.0 Å². The Morgan fingerprint density at radius 1 is 1.23 bits per heavy atom. The van der Waals surface area contributed by atoms with Gasteiger partial charge in [0.15, 0.2) is 0 Å². The molecule has 1 fully saturated rings. The van der Waals surface area contributed by atoms with E-state index in [0.29, 0.717) is 12.3 Å². The van der Waals surface area contributed by atoms with E-state index in [1.165, 1.54) is 11.1 Å². The number of aliphatic hydroxyl groups is 1. The zero-order valence-electron chi connectivity index (χ0n) is 15.3. The highest BCUT2D eigenvalue weighted by Crippen LogP contribution is 2.32. The quantitative estimate of drug-likeness (QED) is 0.919. The van der Waals surface area contributed by atoms with Crippen LogP contribution in [0, 0.1) is 11.8 Å². The number of benzene rings is 1. The molecule has 2 heterocycles. The molecule has 1 amide bonds. The molecule has 1 aliphatic carbocycles. The van der Waals surface area contributed by atoms with Crippen LogP contribution in [0.2, 0.25) is 0 Å². The van der Waals surface area contributed by atoms with Gasteiger partial charge >= 0.3 is 0 Å². The summed E-state index contributed by atoms with van der Waals surface area (Å²) >= 11 is 0. The number of amides is 1. The highest BCUT2D eigenvalue weighted by atomic mass is 16.3. The van der Waals surface area contributed by atoms with Crippen molar-refractivity contribution in [3.05, 3.63) is 53.6 Å². The first-order valence-corrected chi connectivity index (χ1v) is 9.61. The van der Waals surface area contributed by atoms with Crippen LogP contribution in [-0.4, -0.2) is 38.6 Å². The van der Waals surface area contributed by atoms with Crippen molar-refractivity contribution in [2.75, 3.05) is 13.1 Å². The van der Waals surface area contributed by atoms with Crippen LogP contribution in [0.25, 0.3) is 0 Å². The third-order valence-electron chi connectivity index (χ3n) is 6.06. The summed E-state index contributed by atoms with van der Waals surface area (Å²) in [5, 5.41) is 10.6. The number of nitrogens with zero attached hydrogens (tertiary/aromatic N) is 3. The van der Waals surface area contributed by atoms with Gasteiger partial charge in [0.05, 0.1) is 0 Å². The summed E-state index contributed by atoms with van der Waals surface area (Å²) in [6, 6.07) is 8.54. The summed E-state index contributed by atoms with van der Waals surface area (Å²) in [4.78, 5) is 19.0. The first-order chi connectivity index (χ1) is 12.6. The van der Waals surface area contributed by atoms with Crippen molar-refractivity contribution < 1.29 is 9.90 Å². The van der Waals surface area contributed by atoms with Crippen LogP contribution in [0.5, 0.6) is 0 Å². The van der Waals surface area contributed by atoms with Crippen molar-refractivity contribution >= 4 is 5.91 Å². The molecular weight excluding hydrogens is 326 g/mol. The Balaban J connectivity index is 1.28. The molecule has 0 radical (unpaired) electrons. The van der Waals surface area contributed by atoms with Crippen LogP contribution in [0.3, 0.4) is 0 Å². The van der Waals surface area contributed by atoms with Gasteiger partial charge in [-0.2, -0.15) is 0 Å². The second-order valence-corrected chi connectivity index (χ2v) is 7.81. The smallest absolute Gasteiger partial charge is 0.222 e. The molecule has 1 saturated heterocycles. The molecule has 1 aromatic carbocycles. The minimum absolute atomic E-state index is 0.177. The fourth-order valence-electron chi connectivity index (χ4n) is 4.51. The number of likely N-dealkylation sites (tertiary alicyclic amines) is 1. The lowest BCUT2D eigenvalue weighted by Gasteiger charge is -2.34. The Hall–Kier alpha value is -2.14. The zero-order valence-corrected chi connectivity index (χ0v) is 15.3. The number of aliphatic hydroxyl groups excluding tert-OH is 1. The first kappa shape index (κ1) is 17.3. The lowest BCUT2D eigenvalue weighted by Crippen LogP contribution is -2.40. The number of carbonyl (C=O) groups is 1. The maximum Gasteiger partial charge on any atom is 0.222 e. The molecule has 1 atom stereocenters. The number of piperidine rings is 1. The van der Waals surface area contributed by atoms with E-state index in [-0.39, 0.29) is 11.8 Å². The van der Waals surface area contributed by atoms with Crippen molar-refractivity contribution in [1.82, 2.24) is 14.5 Å². The Kier molecular flexibility index (Phi) is 4.81. The molecule has 0 saturated carbocycles. The van der Waals surface area contributed by atoms with E-state index in [9.17, 15) is 9.90 Å². The van der Waals surface area contributed by atoms with Gasteiger partial charge in [-0.15, -0.1) is 0 Å². The van der Waals surface area contributed by atoms with E-state index in [1.54, 1.807) is 6.20 Å². The van der Waals surface area contributed by atoms with Crippen molar-refractivity contribution in [3.8, 4) is 0 Å². The Morgan fingerprint density at radius 3 is 2.46 bits per heavy atom. The predicted molar refractivity (Wildman–Crippen MR) is 99.4 cm³/mol. The minimum Gasteiger partial charge on any atom is -0.385 e. The summed E-state index contributed by atoms with van der Waals surface area (Å²) in [7, 11) is 1.91. The Morgan fingerprint density at radius 2 is 1.88 bits per heavy atom. The number of hydrogen-bond acceptors (Lipinski definition) is 3. The number of rotatable bonds is 4. The monoisotopic (exact) mass is 353 g/mol. The van der Waals surface area contributed by atoms with Crippen molar-refractivity contribution in [2.45, 2.75) is 38.2 Å². The standard InChI is InChI=1S/C21H27N3O2/c1-23-11-8-22-21(23)20(26)16-6-9-24(10-7-16)19(25)14-15-12-17-4-2-3-5-18(17)13-15/h2-5,8,11,15-16,20,26H,6-7,9-10,12-14H2,1H3. The van der Waals surface area contributed by atoms with E-state index in [1.807, 2.05) is 22.7 Å². The number of fused-ring (bicyclic) bond motifs is 1. The summed E-state index contributed by atoms with van der Waals surface area (Å²) in [5.74, 6) is 1.61. The van der Waals surface area contributed by atoms with Crippen LogP contribution < -0.4 is 0 Å².